The third kappa shape index (κ3) is 2.57. The van der Waals surface area contributed by atoms with Gasteiger partial charge in [-0.05, 0) is 32.8 Å². The number of hydrogen-bond donors (Lipinski definition) is 1. The van der Waals surface area contributed by atoms with E-state index < -0.39 is 11.4 Å². The molecule has 0 radical (unpaired) electrons. The summed E-state index contributed by atoms with van der Waals surface area (Å²) in [6.45, 7) is 3.73. The molecule has 0 aromatic carbocycles. The van der Waals surface area contributed by atoms with Crippen molar-refractivity contribution in [2.45, 2.75) is 33.2 Å². The maximum atomic E-state index is 11.8. The van der Waals surface area contributed by atoms with Gasteiger partial charge in [-0.25, -0.2) is 0 Å². The van der Waals surface area contributed by atoms with Crippen molar-refractivity contribution >= 4 is 11.8 Å². The Kier molecular flexibility index (Phi) is 2.81. The van der Waals surface area contributed by atoms with E-state index in [-0.39, 0.29) is 11.7 Å². The average molecular weight is 235 g/mol. The van der Waals surface area contributed by atoms with Crippen LogP contribution in [0.15, 0.2) is 18.5 Å². The molecular weight excluding hydrogens is 218 g/mol. The molecule has 0 bridgehead atoms. The van der Waals surface area contributed by atoms with Gasteiger partial charge in [-0.3, -0.25) is 9.59 Å². The highest BCUT2D eigenvalue weighted by Gasteiger charge is 2.31. The molecular formula is C13H17NO3. The molecule has 0 amide bonds. The number of carboxylic acid groups (broad SMARTS) is 1. The highest BCUT2D eigenvalue weighted by atomic mass is 16.4. The van der Waals surface area contributed by atoms with Gasteiger partial charge in [0, 0.05) is 30.4 Å². The monoisotopic (exact) mass is 235 g/mol. The maximum absolute atomic E-state index is 11.8. The summed E-state index contributed by atoms with van der Waals surface area (Å²) in [7, 11) is 0. The lowest BCUT2D eigenvalue weighted by molar-refractivity contribution is -0.147. The van der Waals surface area contributed by atoms with Crippen molar-refractivity contribution in [1.29, 1.82) is 0 Å². The maximum Gasteiger partial charge on any atom is 0.310 e. The van der Waals surface area contributed by atoms with E-state index in [1.165, 1.54) is 0 Å². The molecule has 2 rings (SSSR count). The number of carbonyl (C=O) groups excluding carboxylic acids is 1. The van der Waals surface area contributed by atoms with Crippen LogP contribution in [0.1, 0.15) is 37.0 Å². The van der Waals surface area contributed by atoms with Crippen LogP contribution >= 0.6 is 0 Å². The predicted molar refractivity (Wildman–Crippen MR) is 62.9 cm³/mol. The van der Waals surface area contributed by atoms with Gasteiger partial charge in [0.15, 0.2) is 5.78 Å². The number of hydrogen-bond acceptors (Lipinski definition) is 2. The van der Waals surface area contributed by atoms with Crippen LogP contribution in [0.5, 0.6) is 0 Å². The molecule has 17 heavy (non-hydrogen) atoms. The normalized spacial score (nSPS) is 15.9. The van der Waals surface area contributed by atoms with Crippen LogP contribution in [-0.2, 0) is 11.3 Å². The number of aromatic nitrogens is 1. The molecule has 1 heterocycles. The first-order valence-corrected chi connectivity index (χ1v) is 5.83. The molecule has 0 aliphatic heterocycles. The minimum atomic E-state index is -0.832. The van der Waals surface area contributed by atoms with Crippen molar-refractivity contribution in [3.05, 3.63) is 24.0 Å². The van der Waals surface area contributed by atoms with E-state index in [0.717, 1.165) is 12.8 Å². The zero-order valence-corrected chi connectivity index (χ0v) is 10.1. The Hall–Kier alpha value is -1.58. The minimum Gasteiger partial charge on any atom is -0.481 e. The van der Waals surface area contributed by atoms with Crippen molar-refractivity contribution in [1.82, 2.24) is 4.57 Å². The number of aliphatic carboxylic acids is 1. The molecule has 92 valence electrons. The van der Waals surface area contributed by atoms with E-state index in [9.17, 15) is 9.59 Å². The Labute approximate surface area is 100 Å². The van der Waals surface area contributed by atoms with E-state index in [4.69, 9.17) is 5.11 Å². The quantitative estimate of drug-likeness (QED) is 0.796. The summed E-state index contributed by atoms with van der Waals surface area (Å²) in [6, 6.07) is 1.78. The molecule has 0 unspecified atom stereocenters. The van der Waals surface area contributed by atoms with E-state index in [0.29, 0.717) is 12.1 Å². The third-order valence-corrected chi connectivity index (χ3v) is 3.14. The van der Waals surface area contributed by atoms with Crippen molar-refractivity contribution in [2.24, 2.45) is 11.3 Å². The largest absolute Gasteiger partial charge is 0.481 e. The Balaban J connectivity index is 2.08. The second kappa shape index (κ2) is 4.02. The van der Waals surface area contributed by atoms with Gasteiger partial charge >= 0.3 is 5.97 Å². The molecule has 1 aliphatic carbocycles. The number of rotatable bonds is 5. The molecule has 1 fully saturated rings. The van der Waals surface area contributed by atoms with Gasteiger partial charge in [0.1, 0.15) is 0 Å². The Morgan fingerprint density at radius 1 is 1.47 bits per heavy atom. The van der Waals surface area contributed by atoms with Gasteiger partial charge in [-0.15, -0.1) is 0 Å². The van der Waals surface area contributed by atoms with Gasteiger partial charge < -0.3 is 9.67 Å². The summed E-state index contributed by atoms with van der Waals surface area (Å²) in [5.74, 6) is -0.434. The molecule has 1 N–H and O–H groups in total. The van der Waals surface area contributed by atoms with Crippen LogP contribution in [0.25, 0.3) is 0 Å². The fourth-order valence-corrected chi connectivity index (χ4v) is 1.79. The van der Waals surface area contributed by atoms with E-state index in [2.05, 4.69) is 0 Å². The number of carboxylic acids is 1. The second-order valence-electron chi connectivity index (χ2n) is 5.40. The summed E-state index contributed by atoms with van der Waals surface area (Å²) < 4.78 is 1.78. The van der Waals surface area contributed by atoms with E-state index in [1.54, 1.807) is 36.9 Å². The van der Waals surface area contributed by atoms with Gasteiger partial charge in [0.25, 0.3) is 0 Å². The predicted octanol–water partition coefficient (Wildman–Crippen LogP) is 2.19. The second-order valence-corrected chi connectivity index (χ2v) is 5.40. The summed E-state index contributed by atoms with van der Waals surface area (Å²) >= 11 is 0. The lowest BCUT2D eigenvalue weighted by atomic mass is 9.94. The van der Waals surface area contributed by atoms with Gasteiger partial charge in [-0.2, -0.15) is 0 Å². The molecule has 4 heteroatoms. The molecule has 0 atom stereocenters. The van der Waals surface area contributed by atoms with Crippen LogP contribution in [-0.4, -0.2) is 21.4 Å². The SMILES string of the molecule is CC(C)(Cn1ccc(C(=O)C2CC2)c1)C(=O)O. The Bertz CT molecular complexity index is 455. The van der Waals surface area contributed by atoms with Crippen molar-refractivity contribution < 1.29 is 14.7 Å². The fourth-order valence-electron chi connectivity index (χ4n) is 1.79. The van der Waals surface area contributed by atoms with E-state index in [1.807, 2.05) is 0 Å². The molecule has 0 spiro atoms. The topological polar surface area (TPSA) is 59.3 Å². The Morgan fingerprint density at radius 3 is 2.65 bits per heavy atom. The lowest BCUT2D eigenvalue weighted by Crippen LogP contribution is -2.28. The molecule has 1 saturated carbocycles. The molecule has 0 saturated heterocycles. The average Bonchev–Trinajstić information content (AvgIpc) is 2.98. The summed E-state index contributed by atoms with van der Waals surface area (Å²) in [5.41, 5.74) is -0.118. The fraction of sp³-hybridized carbons (Fsp3) is 0.538. The van der Waals surface area contributed by atoms with Crippen molar-refractivity contribution in [3.8, 4) is 0 Å². The number of carbonyl (C=O) groups is 2. The van der Waals surface area contributed by atoms with Crippen LogP contribution in [0.3, 0.4) is 0 Å². The highest BCUT2D eigenvalue weighted by molar-refractivity contribution is 5.99. The van der Waals surface area contributed by atoms with Crippen LogP contribution in [0, 0.1) is 11.3 Å². The molecule has 1 aliphatic rings. The summed E-state index contributed by atoms with van der Waals surface area (Å²) in [6.07, 6.45) is 5.51. The minimum absolute atomic E-state index is 0.192. The zero-order chi connectivity index (χ0) is 12.6. The zero-order valence-electron chi connectivity index (χ0n) is 10.1. The van der Waals surface area contributed by atoms with Crippen LogP contribution in [0.2, 0.25) is 0 Å². The van der Waals surface area contributed by atoms with Gasteiger partial charge in [-0.1, -0.05) is 0 Å². The molecule has 1 aromatic heterocycles. The van der Waals surface area contributed by atoms with Crippen molar-refractivity contribution in [3.63, 3.8) is 0 Å². The van der Waals surface area contributed by atoms with Crippen molar-refractivity contribution in [2.75, 3.05) is 0 Å². The van der Waals surface area contributed by atoms with E-state index >= 15 is 0 Å². The third-order valence-electron chi connectivity index (χ3n) is 3.14. The molecule has 4 nitrogen and oxygen atoms in total. The number of Topliss-reactive ketones (excluding diaryl/α,β-unsaturated/α-hetero) is 1. The number of ketones is 1. The van der Waals surface area contributed by atoms with Gasteiger partial charge in [0.05, 0.1) is 5.41 Å². The lowest BCUT2D eigenvalue weighted by Gasteiger charge is -2.19. The summed E-state index contributed by atoms with van der Waals surface area (Å²) in [4.78, 5) is 22.8. The first-order valence-electron chi connectivity index (χ1n) is 5.83. The Morgan fingerprint density at radius 2 is 2.12 bits per heavy atom. The van der Waals surface area contributed by atoms with Gasteiger partial charge in [0.2, 0.25) is 0 Å². The van der Waals surface area contributed by atoms with Crippen LogP contribution in [0.4, 0.5) is 0 Å². The number of nitrogens with zero attached hydrogens (tertiary/aromatic N) is 1. The molecule has 1 aromatic rings. The first-order chi connectivity index (χ1) is 7.90. The standard InChI is InChI=1S/C13H17NO3/c1-13(2,12(16)17)8-14-6-5-10(7-14)11(15)9-3-4-9/h5-7,9H,3-4,8H2,1-2H3,(H,16,17). The smallest absolute Gasteiger partial charge is 0.310 e. The first kappa shape index (κ1) is 11.9. The highest BCUT2D eigenvalue weighted by Crippen LogP contribution is 2.32. The van der Waals surface area contributed by atoms with Crippen LogP contribution < -0.4 is 0 Å². The summed E-state index contributed by atoms with van der Waals surface area (Å²) in [5, 5.41) is 9.04.